The number of hydrazone groups is 1. The van der Waals surface area contributed by atoms with Crippen LogP contribution in [0.3, 0.4) is 0 Å². The first-order valence-electron chi connectivity index (χ1n) is 6.85. The Morgan fingerprint density at radius 3 is 2.82 bits per heavy atom. The highest BCUT2D eigenvalue weighted by molar-refractivity contribution is 9.10. The molecule has 2 aromatic carbocycles. The van der Waals surface area contributed by atoms with Gasteiger partial charge in [-0.2, -0.15) is 5.10 Å². The minimum Gasteiger partial charge on any atom is -0.361 e. The zero-order valence-corrected chi connectivity index (χ0v) is 13.3. The molecule has 22 heavy (non-hydrogen) atoms. The van der Waals surface area contributed by atoms with Gasteiger partial charge >= 0.3 is 0 Å². The van der Waals surface area contributed by atoms with E-state index >= 15 is 0 Å². The normalized spacial score (nSPS) is 11.1. The molecule has 0 aliphatic carbocycles. The third kappa shape index (κ3) is 3.26. The molecule has 1 aromatic heterocycles. The zero-order chi connectivity index (χ0) is 15.4. The molecule has 3 rings (SSSR count). The van der Waals surface area contributed by atoms with Gasteiger partial charge in [0.25, 0.3) is 0 Å². The Morgan fingerprint density at radius 2 is 1.95 bits per heavy atom. The maximum absolute atomic E-state index is 12.0. The van der Waals surface area contributed by atoms with Crippen LogP contribution in [0.1, 0.15) is 11.1 Å². The van der Waals surface area contributed by atoms with Crippen LogP contribution in [0.4, 0.5) is 0 Å². The fraction of sp³-hybridized carbons (Fsp3) is 0.0588. The molecule has 0 fully saturated rings. The number of hydrogen-bond acceptors (Lipinski definition) is 2. The summed E-state index contributed by atoms with van der Waals surface area (Å²) in [5.41, 5.74) is 5.46. The molecule has 3 aromatic rings. The molecule has 1 heterocycles. The molecular formula is C17H14BrN3O. The van der Waals surface area contributed by atoms with E-state index in [1.165, 1.54) is 0 Å². The number of aromatic nitrogens is 1. The topological polar surface area (TPSA) is 57.2 Å². The molecule has 0 aliphatic heterocycles. The van der Waals surface area contributed by atoms with Gasteiger partial charge in [0, 0.05) is 27.1 Å². The minimum atomic E-state index is -0.145. The second-order valence-corrected chi connectivity index (χ2v) is 5.71. The van der Waals surface area contributed by atoms with Crippen molar-refractivity contribution >= 4 is 39.0 Å². The van der Waals surface area contributed by atoms with Crippen molar-refractivity contribution in [1.29, 1.82) is 0 Å². The summed E-state index contributed by atoms with van der Waals surface area (Å²) in [6.45, 7) is 0. The predicted molar refractivity (Wildman–Crippen MR) is 91.9 cm³/mol. The average molecular weight is 356 g/mol. The largest absolute Gasteiger partial charge is 0.361 e. The van der Waals surface area contributed by atoms with Crippen LogP contribution < -0.4 is 5.43 Å². The highest BCUT2D eigenvalue weighted by Gasteiger charge is 2.07. The van der Waals surface area contributed by atoms with Crippen LogP contribution in [-0.4, -0.2) is 17.1 Å². The van der Waals surface area contributed by atoms with Gasteiger partial charge in [0.2, 0.25) is 5.91 Å². The van der Waals surface area contributed by atoms with E-state index in [0.717, 1.165) is 26.5 Å². The van der Waals surface area contributed by atoms with Crippen molar-refractivity contribution in [3.63, 3.8) is 0 Å². The maximum atomic E-state index is 12.0. The highest BCUT2D eigenvalue weighted by atomic mass is 79.9. The summed E-state index contributed by atoms with van der Waals surface area (Å²) in [5.74, 6) is -0.145. The maximum Gasteiger partial charge on any atom is 0.244 e. The molecule has 110 valence electrons. The zero-order valence-electron chi connectivity index (χ0n) is 11.7. The van der Waals surface area contributed by atoms with Gasteiger partial charge in [-0.05, 0) is 17.7 Å². The van der Waals surface area contributed by atoms with Crippen LogP contribution in [0.25, 0.3) is 10.9 Å². The highest BCUT2D eigenvalue weighted by Crippen LogP contribution is 2.18. The average Bonchev–Trinajstić information content (AvgIpc) is 2.92. The molecule has 4 nitrogen and oxygen atoms in total. The molecule has 0 saturated heterocycles. The Kier molecular flexibility index (Phi) is 4.34. The van der Waals surface area contributed by atoms with Crippen molar-refractivity contribution in [2.45, 2.75) is 6.42 Å². The van der Waals surface area contributed by atoms with Crippen molar-refractivity contribution in [3.05, 3.63) is 70.3 Å². The van der Waals surface area contributed by atoms with E-state index in [2.05, 4.69) is 31.4 Å². The monoisotopic (exact) mass is 355 g/mol. The molecule has 0 saturated carbocycles. The summed E-state index contributed by atoms with van der Waals surface area (Å²) in [5, 5.41) is 5.06. The number of para-hydroxylation sites is 1. The number of nitrogens with one attached hydrogen (secondary N) is 2. The van der Waals surface area contributed by atoms with Gasteiger partial charge in [-0.25, -0.2) is 5.43 Å². The number of carbonyl (C=O) groups is 1. The molecule has 0 aliphatic rings. The van der Waals surface area contributed by atoms with Gasteiger partial charge in [-0.1, -0.05) is 52.3 Å². The lowest BCUT2D eigenvalue weighted by molar-refractivity contribution is -0.120. The first-order valence-corrected chi connectivity index (χ1v) is 7.65. The third-order valence-corrected chi connectivity index (χ3v) is 4.05. The van der Waals surface area contributed by atoms with Gasteiger partial charge in [-0.3, -0.25) is 4.79 Å². The van der Waals surface area contributed by atoms with Crippen molar-refractivity contribution < 1.29 is 4.79 Å². The number of nitrogens with zero attached hydrogens (tertiary/aromatic N) is 1. The van der Waals surface area contributed by atoms with Crippen molar-refractivity contribution in [2.75, 3.05) is 0 Å². The molecule has 2 N–H and O–H groups in total. The van der Waals surface area contributed by atoms with Crippen molar-refractivity contribution in [1.82, 2.24) is 10.4 Å². The lowest BCUT2D eigenvalue weighted by atomic mass is 10.1. The van der Waals surface area contributed by atoms with Crippen LogP contribution in [0, 0.1) is 0 Å². The Bertz CT molecular complexity index is 839. The number of amides is 1. The number of aromatic amines is 1. The van der Waals surface area contributed by atoms with E-state index in [4.69, 9.17) is 0 Å². The predicted octanol–water partition coefficient (Wildman–Crippen LogP) is 3.62. The number of hydrogen-bond donors (Lipinski definition) is 2. The Morgan fingerprint density at radius 1 is 1.18 bits per heavy atom. The first-order chi connectivity index (χ1) is 10.7. The Hall–Kier alpha value is -2.40. The van der Waals surface area contributed by atoms with E-state index in [0.29, 0.717) is 0 Å². The lowest BCUT2D eigenvalue weighted by Gasteiger charge is -2.00. The molecule has 0 unspecified atom stereocenters. The van der Waals surface area contributed by atoms with E-state index in [1.807, 2.05) is 54.7 Å². The Labute approximate surface area is 136 Å². The molecule has 5 heteroatoms. The summed E-state index contributed by atoms with van der Waals surface area (Å²) in [7, 11) is 0. The van der Waals surface area contributed by atoms with Crippen molar-refractivity contribution in [2.24, 2.45) is 5.10 Å². The van der Waals surface area contributed by atoms with Gasteiger partial charge in [-0.15, -0.1) is 0 Å². The second-order valence-electron chi connectivity index (χ2n) is 4.85. The number of fused-ring (bicyclic) bond motifs is 1. The van der Waals surface area contributed by atoms with Crippen LogP contribution in [0.5, 0.6) is 0 Å². The molecular weight excluding hydrogens is 342 g/mol. The van der Waals surface area contributed by atoms with Crippen LogP contribution >= 0.6 is 15.9 Å². The van der Waals surface area contributed by atoms with Gasteiger partial charge in [0.05, 0.1) is 12.6 Å². The quantitative estimate of drug-likeness (QED) is 0.544. The van der Waals surface area contributed by atoms with Crippen LogP contribution in [0.2, 0.25) is 0 Å². The molecule has 0 radical (unpaired) electrons. The number of rotatable bonds is 4. The van der Waals surface area contributed by atoms with Gasteiger partial charge in [0.1, 0.15) is 0 Å². The number of H-pyrrole nitrogens is 1. The molecule has 1 amide bonds. The first kappa shape index (κ1) is 14.5. The number of halogens is 1. The summed E-state index contributed by atoms with van der Waals surface area (Å²) in [6, 6.07) is 15.6. The van der Waals surface area contributed by atoms with Gasteiger partial charge < -0.3 is 4.98 Å². The summed E-state index contributed by atoms with van der Waals surface area (Å²) < 4.78 is 0.935. The second kappa shape index (κ2) is 6.58. The summed E-state index contributed by atoms with van der Waals surface area (Å²) in [4.78, 5) is 15.1. The lowest BCUT2D eigenvalue weighted by Crippen LogP contribution is -2.19. The standard InChI is InChI=1S/C17H14BrN3O/c18-15-7-3-1-5-12(15)11-20-21-17(22)9-13-10-19-16-8-4-2-6-14(13)16/h1-8,10-11,19H,9H2,(H,21,22)/b20-11+. The summed E-state index contributed by atoms with van der Waals surface area (Å²) >= 11 is 3.43. The fourth-order valence-corrected chi connectivity index (χ4v) is 2.63. The smallest absolute Gasteiger partial charge is 0.244 e. The van der Waals surface area contributed by atoms with E-state index < -0.39 is 0 Å². The number of benzene rings is 2. The molecule has 0 spiro atoms. The fourth-order valence-electron chi connectivity index (χ4n) is 2.24. The SMILES string of the molecule is O=C(Cc1c[nH]c2ccccc12)N/N=C/c1ccccc1Br. The summed E-state index contributed by atoms with van der Waals surface area (Å²) in [6.07, 6.45) is 3.77. The molecule has 0 bridgehead atoms. The van der Waals surface area contributed by atoms with E-state index in [-0.39, 0.29) is 12.3 Å². The van der Waals surface area contributed by atoms with E-state index in [1.54, 1.807) is 6.21 Å². The van der Waals surface area contributed by atoms with Crippen LogP contribution in [-0.2, 0) is 11.2 Å². The van der Waals surface area contributed by atoms with Crippen molar-refractivity contribution in [3.8, 4) is 0 Å². The third-order valence-electron chi connectivity index (χ3n) is 3.32. The van der Waals surface area contributed by atoms with Crippen LogP contribution in [0.15, 0.2) is 64.3 Å². The van der Waals surface area contributed by atoms with Gasteiger partial charge in [0.15, 0.2) is 0 Å². The Balaban J connectivity index is 1.65. The number of carbonyl (C=O) groups excluding carboxylic acids is 1. The minimum absolute atomic E-state index is 0.145. The van der Waals surface area contributed by atoms with E-state index in [9.17, 15) is 4.79 Å². The molecule has 0 atom stereocenters.